The number of aromatic nitrogens is 1. The van der Waals surface area contributed by atoms with Crippen molar-refractivity contribution in [2.24, 2.45) is 0 Å². The number of fused-ring (bicyclic) bond motifs is 1. The fraction of sp³-hybridized carbons (Fsp3) is 0.194. The summed E-state index contributed by atoms with van der Waals surface area (Å²) in [5, 5.41) is 3.02. The number of carbonyl (C=O) groups is 2. The predicted molar refractivity (Wildman–Crippen MR) is 150 cm³/mol. The van der Waals surface area contributed by atoms with Gasteiger partial charge in [0.2, 0.25) is 12.7 Å². The summed E-state index contributed by atoms with van der Waals surface area (Å²) in [6, 6.07) is 25.2. The lowest BCUT2D eigenvalue weighted by molar-refractivity contribution is -0.139. The Hall–Kier alpha value is -4.85. The molecule has 1 aliphatic rings. The Bertz CT molecular complexity index is 1430. The zero-order chi connectivity index (χ0) is 27.2. The van der Waals surface area contributed by atoms with Crippen molar-refractivity contribution < 1.29 is 19.1 Å². The van der Waals surface area contributed by atoms with E-state index in [0.717, 1.165) is 16.8 Å². The molecule has 0 aliphatic carbocycles. The molecule has 0 saturated heterocycles. The molecule has 2 amide bonds. The third-order valence-electron chi connectivity index (χ3n) is 6.52. The van der Waals surface area contributed by atoms with E-state index in [2.05, 4.69) is 10.3 Å². The fourth-order valence-corrected chi connectivity index (χ4v) is 4.49. The van der Waals surface area contributed by atoms with E-state index in [9.17, 15) is 9.59 Å². The Kier molecular flexibility index (Phi) is 7.73. The van der Waals surface area contributed by atoms with Crippen LogP contribution in [0, 0.1) is 0 Å². The van der Waals surface area contributed by atoms with Crippen LogP contribution in [0.4, 0.5) is 11.4 Å². The standard InChI is InChI=1S/C31H30N4O4/c1-34(2)26-13-11-25(12-14-26)33-31(37)30(24-10-15-27-28(18-24)39-21-38-27)35(20-23-9-6-16-32-19-23)29(36)17-22-7-4-3-5-8-22/h3-16,18-19,30H,17,20-21H2,1-2H3,(H,33,37)/t30-/m1/s1. The van der Waals surface area contributed by atoms with Gasteiger partial charge in [0.05, 0.1) is 6.42 Å². The second-order valence-electron chi connectivity index (χ2n) is 9.49. The molecule has 0 unspecified atom stereocenters. The molecular formula is C31H30N4O4. The van der Waals surface area contributed by atoms with E-state index >= 15 is 0 Å². The van der Waals surface area contributed by atoms with Crippen LogP contribution in [0.3, 0.4) is 0 Å². The molecule has 8 nitrogen and oxygen atoms in total. The van der Waals surface area contributed by atoms with E-state index < -0.39 is 6.04 Å². The Labute approximate surface area is 227 Å². The summed E-state index contributed by atoms with van der Waals surface area (Å²) in [7, 11) is 3.91. The van der Waals surface area contributed by atoms with Gasteiger partial charge in [-0.25, -0.2) is 0 Å². The summed E-state index contributed by atoms with van der Waals surface area (Å²) in [4.78, 5) is 35.7. The van der Waals surface area contributed by atoms with Gasteiger partial charge in [0.15, 0.2) is 11.5 Å². The second-order valence-corrected chi connectivity index (χ2v) is 9.49. The highest BCUT2D eigenvalue weighted by atomic mass is 16.7. The normalized spacial score (nSPS) is 12.5. The number of pyridine rings is 1. The second kappa shape index (κ2) is 11.7. The van der Waals surface area contributed by atoms with Crippen molar-refractivity contribution in [3.05, 3.63) is 114 Å². The van der Waals surface area contributed by atoms with Crippen LogP contribution in [-0.2, 0) is 22.6 Å². The number of amides is 2. The van der Waals surface area contributed by atoms with Gasteiger partial charge in [-0.1, -0.05) is 42.5 Å². The molecule has 0 saturated carbocycles. The van der Waals surface area contributed by atoms with Crippen molar-refractivity contribution in [3.8, 4) is 11.5 Å². The van der Waals surface area contributed by atoms with Crippen LogP contribution in [0.5, 0.6) is 11.5 Å². The van der Waals surface area contributed by atoms with Crippen molar-refractivity contribution in [1.82, 2.24) is 9.88 Å². The molecule has 1 aliphatic heterocycles. The van der Waals surface area contributed by atoms with Crippen molar-refractivity contribution in [1.29, 1.82) is 0 Å². The van der Waals surface area contributed by atoms with Gasteiger partial charge in [-0.15, -0.1) is 0 Å². The van der Waals surface area contributed by atoms with E-state index in [1.807, 2.05) is 85.7 Å². The van der Waals surface area contributed by atoms with Gasteiger partial charge in [-0.05, 0) is 59.2 Å². The van der Waals surface area contributed by atoms with Gasteiger partial charge < -0.3 is 24.6 Å². The summed E-state index contributed by atoms with van der Waals surface area (Å²) in [5.74, 6) is 0.617. The molecule has 3 aromatic carbocycles. The predicted octanol–water partition coefficient (Wildman–Crippen LogP) is 4.83. The molecule has 0 fully saturated rings. The lowest BCUT2D eigenvalue weighted by Gasteiger charge is -2.32. The van der Waals surface area contributed by atoms with Crippen molar-refractivity contribution in [2.75, 3.05) is 31.1 Å². The molecule has 1 N–H and O–H groups in total. The Morgan fingerprint density at radius 3 is 2.36 bits per heavy atom. The SMILES string of the molecule is CN(C)c1ccc(NC(=O)[C@@H](c2ccc3c(c2)OCO3)N(Cc2cccnc2)C(=O)Cc2ccccc2)cc1. The van der Waals surface area contributed by atoms with Crippen molar-refractivity contribution in [2.45, 2.75) is 19.0 Å². The van der Waals surface area contributed by atoms with Gasteiger partial charge in [-0.2, -0.15) is 0 Å². The average Bonchev–Trinajstić information content (AvgIpc) is 3.42. The van der Waals surface area contributed by atoms with E-state index in [1.165, 1.54) is 0 Å². The van der Waals surface area contributed by atoms with E-state index in [1.54, 1.807) is 35.5 Å². The highest BCUT2D eigenvalue weighted by Gasteiger charge is 2.33. The van der Waals surface area contributed by atoms with Gasteiger partial charge in [-0.3, -0.25) is 14.6 Å². The number of nitrogens with one attached hydrogen (secondary N) is 1. The molecule has 0 radical (unpaired) electrons. The van der Waals surface area contributed by atoms with E-state index in [-0.39, 0.29) is 31.6 Å². The van der Waals surface area contributed by atoms with Crippen molar-refractivity contribution in [3.63, 3.8) is 0 Å². The Morgan fingerprint density at radius 1 is 0.897 bits per heavy atom. The van der Waals surface area contributed by atoms with Gasteiger partial charge >= 0.3 is 0 Å². The third kappa shape index (κ3) is 6.18. The lowest BCUT2D eigenvalue weighted by Crippen LogP contribution is -2.41. The molecule has 0 bridgehead atoms. The molecule has 5 rings (SSSR count). The number of nitrogens with zero attached hydrogens (tertiary/aromatic N) is 3. The third-order valence-corrected chi connectivity index (χ3v) is 6.52. The maximum absolute atomic E-state index is 14.0. The first-order valence-electron chi connectivity index (χ1n) is 12.7. The first-order chi connectivity index (χ1) is 19.0. The minimum Gasteiger partial charge on any atom is -0.454 e. The first-order valence-corrected chi connectivity index (χ1v) is 12.7. The quantitative estimate of drug-likeness (QED) is 0.339. The molecular weight excluding hydrogens is 492 g/mol. The minimum atomic E-state index is -0.940. The topological polar surface area (TPSA) is 84.0 Å². The number of benzene rings is 3. The molecule has 1 aromatic heterocycles. The molecule has 198 valence electrons. The summed E-state index contributed by atoms with van der Waals surface area (Å²) < 4.78 is 11.1. The largest absolute Gasteiger partial charge is 0.454 e. The van der Waals surface area contributed by atoms with Crippen LogP contribution in [0.15, 0.2) is 97.3 Å². The monoisotopic (exact) mass is 522 g/mol. The number of rotatable bonds is 9. The maximum Gasteiger partial charge on any atom is 0.251 e. The zero-order valence-corrected chi connectivity index (χ0v) is 21.9. The van der Waals surface area contributed by atoms with Gasteiger partial charge in [0.25, 0.3) is 5.91 Å². The fourth-order valence-electron chi connectivity index (χ4n) is 4.49. The van der Waals surface area contributed by atoms with Crippen LogP contribution in [0.1, 0.15) is 22.7 Å². The first kappa shape index (κ1) is 25.8. The van der Waals surface area contributed by atoms with Crippen LogP contribution >= 0.6 is 0 Å². The Morgan fingerprint density at radius 2 is 1.64 bits per heavy atom. The highest BCUT2D eigenvalue weighted by molar-refractivity contribution is 5.98. The van der Waals surface area contributed by atoms with Gasteiger partial charge in [0.1, 0.15) is 6.04 Å². The molecule has 39 heavy (non-hydrogen) atoms. The maximum atomic E-state index is 14.0. The molecule has 1 atom stereocenters. The number of anilines is 2. The van der Waals surface area contributed by atoms with Crippen LogP contribution < -0.4 is 19.7 Å². The highest BCUT2D eigenvalue weighted by Crippen LogP contribution is 2.36. The number of hydrogen-bond acceptors (Lipinski definition) is 6. The summed E-state index contributed by atoms with van der Waals surface area (Å²) in [6.45, 7) is 0.311. The Balaban J connectivity index is 1.53. The molecule has 4 aromatic rings. The average molecular weight is 523 g/mol. The summed E-state index contributed by atoms with van der Waals surface area (Å²) in [5.41, 5.74) is 3.94. The summed E-state index contributed by atoms with van der Waals surface area (Å²) >= 11 is 0. The smallest absolute Gasteiger partial charge is 0.251 e. The van der Waals surface area contributed by atoms with Crippen molar-refractivity contribution >= 4 is 23.2 Å². The van der Waals surface area contributed by atoms with Crippen LogP contribution in [0.25, 0.3) is 0 Å². The van der Waals surface area contributed by atoms with Gasteiger partial charge in [0, 0.05) is 44.4 Å². The van der Waals surface area contributed by atoms with Crippen LogP contribution in [0.2, 0.25) is 0 Å². The number of carbonyl (C=O) groups excluding carboxylic acids is 2. The van der Waals surface area contributed by atoms with E-state index in [0.29, 0.717) is 22.7 Å². The molecule has 8 heteroatoms. The molecule has 2 heterocycles. The number of hydrogen-bond donors (Lipinski definition) is 1. The van der Waals surface area contributed by atoms with Crippen LogP contribution in [-0.4, -0.2) is 42.6 Å². The molecule has 0 spiro atoms. The zero-order valence-electron chi connectivity index (χ0n) is 21.9. The lowest BCUT2D eigenvalue weighted by atomic mass is 10.0. The number of ether oxygens (including phenoxy) is 2. The minimum absolute atomic E-state index is 0.111. The van der Waals surface area contributed by atoms with E-state index in [4.69, 9.17) is 9.47 Å². The summed E-state index contributed by atoms with van der Waals surface area (Å²) in [6.07, 6.45) is 3.53.